The van der Waals surface area contributed by atoms with E-state index >= 15 is 0 Å². The first kappa shape index (κ1) is 12.4. The second kappa shape index (κ2) is 6.02. The minimum atomic E-state index is 0.0310. The summed E-state index contributed by atoms with van der Waals surface area (Å²) >= 11 is 0. The molecule has 1 aliphatic heterocycles. The quantitative estimate of drug-likeness (QED) is 0.772. The Kier molecular flexibility index (Phi) is 4.38. The SMILES string of the molecule is N#CC1CCCC1NC(=O)CC1CCCNC1. The summed E-state index contributed by atoms with van der Waals surface area (Å²) in [5, 5.41) is 15.3. The molecular formula is C13H21N3O. The lowest BCUT2D eigenvalue weighted by molar-refractivity contribution is -0.123. The lowest BCUT2D eigenvalue weighted by Crippen LogP contribution is -2.39. The number of rotatable bonds is 3. The molecule has 0 aromatic carbocycles. The van der Waals surface area contributed by atoms with Gasteiger partial charge >= 0.3 is 0 Å². The molecule has 1 saturated carbocycles. The number of nitrogens with one attached hydrogen (secondary N) is 2. The van der Waals surface area contributed by atoms with Crippen molar-refractivity contribution in [2.24, 2.45) is 11.8 Å². The van der Waals surface area contributed by atoms with Crippen LogP contribution in [-0.2, 0) is 4.79 Å². The highest BCUT2D eigenvalue weighted by Crippen LogP contribution is 2.25. The van der Waals surface area contributed by atoms with Gasteiger partial charge in [0.05, 0.1) is 12.0 Å². The third kappa shape index (κ3) is 3.44. The van der Waals surface area contributed by atoms with Crippen molar-refractivity contribution < 1.29 is 4.79 Å². The Bertz CT molecular complexity index is 304. The highest BCUT2D eigenvalue weighted by molar-refractivity contribution is 5.76. The Morgan fingerprint density at radius 3 is 2.94 bits per heavy atom. The van der Waals surface area contributed by atoms with Crippen LogP contribution in [-0.4, -0.2) is 25.0 Å². The normalized spacial score (nSPS) is 33.0. The van der Waals surface area contributed by atoms with Crippen molar-refractivity contribution in [3.8, 4) is 6.07 Å². The van der Waals surface area contributed by atoms with Gasteiger partial charge in [-0.05, 0) is 51.1 Å². The van der Waals surface area contributed by atoms with Gasteiger partial charge in [-0.1, -0.05) is 0 Å². The fraction of sp³-hybridized carbons (Fsp3) is 0.846. The molecule has 0 aromatic heterocycles. The van der Waals surface area contributed by atoms with Crippen molar-refractivity contribution in [1.82, 2.24) is 10.6 Å². The number of nitriles is 1. The molecule has 17 heavy (non-hydrogen) atoms. The second-order valence-corrected chi connectivity index (χ2v) is 5.26. The summed E-state index contributed by atoms with van der Waals surface area (Å²) in [6.45, 7) is 2.04. The van der Waals surface area contributed by atoms with E-state index < -0.39 is 0 Å². The second-order valence-electron chi connectivity index (χ2n) is 5.26. The summed E-state index contributed by atoms with van der Waals surface area (Å²) in [4.78, 5) is 11.9. The molecule has 1 amide bonds. The average Bonchev–Trinajstić information content (AvgIpc) is 2.77. The molecule has 94 valence electrons. The first-order chi connectivity index (χ1) is 8.29. The highest BCUT2D eigenvalue weighted by atomic mass is 16.1. The van der Waals surface area contributed by atoms with Gasteiger partial charge in [-0.2, -0.15) is 5.26 Å². The predicted octanol–water partition coefficient (Wildman–Crippen LogP) is 1.18. The van der Waals surface area contributed by atoms with Crippen LogP contribution in [0.5, 0.6) is 0 Å². The molecule has 2 aliphatic rings. The van der Waals surface area contributed by atoms with E-state index in [2.05, 4.69) is 16.7 Å². The zero-order valence-electron chi connectivity index (χ0n) is 10.2. The first-order valence-electron chi connectivity index (χ1n) is 6.69. The first-order valence-corrected chi connectivity index (χ1v) is 6.69. The summed E-state index contributed by atoms with van der Waals surface area (Å²) in [7, 11) is 0. The van der Waals surface area contributed by atoms with Crippen LogP contribution in [0, 0.1) is 23.2 Å². The highest BCUT2D eigenvalue weighted by Gasteiger charge is 2.29. The average molecular weight is 235 g/mol. The summed E-state index contributed by atoms with van der Waals surface area (Å²) in [5.74, 6) is 0.639. The number of nitrogens with zero attached hydrogens (tertiary/aromatic N) is 1. The van der Waals surface area contributed by atoms with Crippen molar-refractivity contribution in [2.75, 3.05) is 13.1 Å². The van der Waals surface area contributed by atoms with Crippen molar-refractivity contribution >= 4 is 5.91 Å². The minimum absolute atomic E-state index is 0.0310. The van der Waals surface area contributed by atoms with Crippen LogP contribution >= 0.6 is 0 Å². The summed E-state index contributed by atoms with van der Waals surface area (Å²) in [6.07, 6.45) is 5.89. The van der Waals surface area contributed by atoms with E-state index in [0.717, 1.165) is 38.8 Å². The molecule has 3 unspecified atom stereocenters. The van der Waals surface area contributed by atoms with E-state index in [0.29, 0.717) is 12.3 Å². The van der Waals surface area contributed by atoms with Gasteiger partial charge in [-0.15, -0.1) is 0 Å². The molecule has 3 atom stereocenters. The van der Waals surface area contributed by atoms with Gasteiger partial charge in [-0.25, -0.2) is 0 Å². The van der Waals surface area contributed by atoms with Crippen LogP contribution in [0.3, 0.4) is 0 Å². The van der Waals surface area contributed by atoms with E-state index in [-0.39, 0.29) is 17.9 Å². The zero-order valence-corrected chi connectivity index (χ0v) is 10.2. The monoisotopic (exact) mass is 235 g/mol. The molecular weight excluding hydrogens is 214 g/mol. The largest absolute Gasteiger partial charge is 0.352 e. The van der Waals surface area contributed by atoms with Gasteiger partial charge in [0.1, 0.15) is 0 Å². The van der Waals surface area contributed by atoms with E-state index in [1.54, 1.807) is 0 Å². The van der Waals surface area contributed by atoms with Crippen LogP contribution in [0.2, 0.25) is 0 Å². The maximum Gasteiger partial charge on any atom is 0.220 e. The van der Waals surface area contributed by atoms with E-state index in [1.807, 2.05) is 0 Å². The third-order valence-corrected chi connectivity index (χ3v) is 3.90. The van der Waals surface area contributed by atoms with Gasteiger partial charge in [0.2, 0.25) is 5.91 Å². The summed E-state index contributed by atoms with van der Waals surface area (Å²) in [5.41, 5.74) is 0. The summed E-state index contributed by atoms with van der Waals surface area (Å²) < 4.78 is 0. The molecule has 1 aliphatic carbocycles. The number of carbonyl (C=O) groups excluding carboxylic acids is 1. The van der Waals surface area contributed by atoms with Crippen LogP contribution in [0.25, 0.3) is 0 Å². The van der Waals surface area contributed by atoms with Gasteiger partial charge < -0.3 is 10.6 Å². The summed E-state index contributed by atoms with van der Waals surface area (Å²) in [6, 6.07) is 2.40. The van der Waals surface area contributed by atoms with Gasteiger partial charge in [0.25, 0.3) is 0 Å². The maximum absolute atomic E-state index is 11.9. The Morgan fingerprint density at radius 1 is 1.35 bits per heavy atom. The molecule has 0 aromatic rings. The number of carbonyl (C=O) groups is 1. The Morgan fingerprint density at radius 2 is 2.24 bits per heavy atom. The molecule has 0 radical (unpaired) electrons. The fourth-order valence-corrected chi connectivity index (χ4v) is 2.91. The molecule has 0 spiro atoms. The Balaban J connectivity index is 1.75. The zero-order chi connectivity index (χ0) is 12.1. The van der Waals surface area contributed by atoms with Crippen LogP contribution in [0.15, 0.2) is 0 Å². The predicted molar refractivity (Wildman–Crippen MR) is 65.1 cm³/mol. The van der Waals surface area contributed by atoms with E-state index in [9.17, 15) is 4.79 Å². The van der Waals surface area contributed by atoms with Crippen LogP contribution in [0.4, 0.5) is 0 Å². The third-order valence-electron chi connectivity index (χ3n) is 3.90. The van der Waals surface area contributed by atoms with Crippen molar-refractivity contribution in [3.05, 3.63) is 0 Å². The number of hydrogen-bond donors (Lipinski definition) is 2. The van der Waals surface area contributed by atoms with Crippen molar-refractivity contribution in [3.63, 3.8) is 0 Å². The van der Waals surface area contributed by atoms with Crippen LogP contribution in [0.1, 0.15) is 38.5 Å². The standard InChI is InChI=1S/C13H21N3O/c14-8-11-4-1-5-12(11)16-13(17)7-10-3-2-6-15-9-10/h10-12,15H,1-7,9H2,(H,16,17). The van der Waals surface area contributed by atoms with Crippen LogP contribution < -0.4 is 10.6 Å². The molecule has 1 heterocycles. The maximum atomic E-state index is 11.9. The van der Waals surface area contributed by atoms with Crippen molar-refractivity contribution in [2.45, 2.75) is 44.6 Å². The number of piperidine rings is 1. The topological polar surface area (TPSA) is 64.9 Å². The molecule has 2 N–H and O–H groups in total. The number of amides is 1. The molecule has 2 rings (SSSR count). The smallest absolute Gasteiger partial charge is 0.220 e. The van der Waals surface area contributed by atoms with E-state index in [1.165, 1.54) is 6.42 Å². The Hall–Kier alpha value is -1.08. The Labute approximate surface area is 103 Å². The lowest BCUT2D eigenvalue weighted by Gasteiger charge is -2.23. The van der Waals surface area contributed by atoms with Gasteiger partial charge in [0, 0.05) is 12.5 Å². The van der Waals surface area contributed by atoms with Gasteiger partial charge in [0.15, 0.2) is 0 Å². The molecule has 2 fully saturated rings. The molecule has 0 bridgehead atoms. The van der Waals surface area contributed by atoms with Crippen molar-refractivity contribution in [1.29, 1.82) is 5.26 Å². The fourth-order valence-electron chi connectivity index (χ4n) is 2.91. The van der Waals surface area contributed by atoms with Gasteiger partial charge in [-0.3, -0.25) is 4.79 Å². The molecule has 1 saturated heterocycles. The van der Waals surface area contributed by atoms with E-state index in [4.69, 9.17) is 5.26 Å². The molecule has 4 nitrogen and oxygen atoms in total. The molecule has 4 heteroatoms. The number of hydrogen-bond acceptors (Lipinski definition) is 3. The minimum Gasteiger partial charge on any atom is -0.352 e. The lowest BCUT2D eigenvalue weighted by atomic mass is 9.95.